The Morgan fingerprint density at radius 2 is 1.66 bits per heavy atom. The van der Waals surface area contributed by atoms with Crippen LogP contribution in [-0.2, 0) is 4.79 Å². The molecule has 1 unspecified atom stereocenters. The van der Waals surface area contributed by atoms with Crippen LogP contribution in [0.3, 0.4) is 0 Å². The van der Waals surface area contributed by atoms with Gasteiger partial charge in [0.15, 0.2) is 0 Å². The fourth-order valence-corrected chi connectivity index (χ4v) is 3.87. The number of fused-ring (bicyclic) bond motifs is 1. The van der Waals surface area contributed by atoms with Gasteiger partial charge in [0, 0.05) is 23.4 Å². The predicted octanol–water partition coefficient (Wildman–Crippen LogP) is 2.41. The number of nitrogens with one attached hydrogen (secondary N) is 2. The van der Waals surface area contributed by atoms with Gasteiger partial charge in [-0.2, -0.15) is 4.98 Å². The third kappa shape index (κ3) is 4.60. The van der Waals surface area contributed by atoms with Gasteiger partial charge in [-0.3, -0.25) is 24.3 Å². The maximum atomic E-state index is 13.1. The minimum absolute atomic E-state index is 0.00920. The minimum atomic E-state index is -1.22. The Morgan fingerprint density at radius 1 is 1.03 bits per heavy atom. The standard InChI is InChI=1S/C24H21N5O6/c1-12(17-10-26-20-19(17)21(32)28-24(25)27-20)13-2-4-14(5-3-13)22(33)29(11-18(30)31)16-8-6-15(7-9-16)23(34)35/h2-10,12H,11H2,1H3,(H,30,31)(H,34,35)(H4,25,26,27,28,32). The van der Waals surface area contributed by atoms with Gasteiger partial charge < -0.3 is 20.9 Å². The Balaban J connectivity index is 1.62. The number of nitrogens with two attached hydrogens (primary N) is 1. The number of amides is 1. The number of carboxylic acids is 2. The van der Waals surface area contributed by atoms with Crippen molar-refractivity contribution in [2.24, 2.45) is 0 Å². The highest BCUT2D eigenvalue weighted by Gasteiger charge is 2.22. The zero-order valence-corrected chi connectivity index (χ0v) is 18.5. The summed E-state index contributed by atoms with van der Waals surface area (Å²) in [7, 11) is 0. The average Bonchev–Trinajstić information content (AvgIpc) is 3.26. The molecular formula is C24H21N5O6. The topological polar surface area (TPSA) is 182 Å². The van der Waals surface area contributed by atoms with Crippen molar-refractivity contribution in [1.29, 1.82) is 0 Å². The van der Waals surface area contributed by atoms with Crippen LogP contribution in [0.1, 0.15) is 44.7 Å². The number of anilines is 2. The molecule has 1 amide bonds. The van der Waals surface area contributed by atoms with E-state index in [1.807, 2.05) is 6.92 Å². The summed E-state index contributed by atoms with van der Waals surface area (Å²) >= 11 is 0. The molecule has 6 N–H and O–H groups in total. The van der Waals surface area contributed by atoms with Crippen molar-refractivity contribution in [1.82, 2.24) is 15.0 Å². The Hall–Kier alpha value is -4.93. The molecule has 11 nitrogen and oxygen atoms in total. The second-order valence-corrected chi connectivity index (χ2v) is 7.90. The van der Waals surface area contributed by atoms with Crippen LogP contribution in [0.2, 0.25) is 0 Å². The zero-order chi connectivity index (χ0) is 25.3. The van der Waals surface area contributed by atoms with Crippen LogP contribution in [0.4, 0.5) is 11.6 Å². The Labute approximate surface area is 197 Å². The van der Waals surface area contributed by atoms with E-state index in [1.165, 1.54) is 24.3 Å². The monoisotopic (exact) mass is 475 g/mol. The lowest BCUT2D eigenvalue weighted by molar-refractivity contribution is -0.135. The van der Waals surface area contributed by atoms with Gasteiger partial charge in [0.05, 0.1) is 10.9 Å². The highest BCUT2D eigenvalue weighted by atomic mass is 16.4. The van der Waals surface area contributed by atoms with Crippen molar-refractivity contribution >= 4 is 40.5 Å². The van der Waals surface area contributed by atoms with Crippen molar-refractivity contribution in [3.8, 4) is 0 Å². The second-order valence-electron chi connectivity index (χ2n) is 7.90. The largest absolute Gasteiger partial charge is 0.480 e. The van der Waals surface area contributed by atoms with Gasteiger partial charge in [-0.05, 0) is 47.5 Å². The smallest absolute Gasteiger partial charge is 0.335 e. The third-order valence-electron chi connectivity index (χ3n) is 5.68. The molecule has 2 aromatic heterocycles. The van der Waals surface area contributed by atoms with E-state index in [4.69, 9.17) is 10.8 Å². The minimum Gasteiger partial charge on any atom is -0.480 e. The Kier molecular flexibility index (Phi) is 6.07. The van der Waals surface area contributed by atoms with Crippen LogP contribution in [0.5, 0.6) is 0 Å². The molecule has 0 aliphatic rings. The van der Waals surface area contributed by atoms with E-state index >= 15 is 0 Å². The van der Waals surface area contributed by atoms with Crippen molar-refractivity contribution in [3.63, 3.8) is 0 Å². The van der Waals surface area contributed by atoms with E-state index in [1.54, 1.807) is 30.5 Å². The van der Waals surface area contributed by atoms with Crippen LogP contribution in [0.15, 0.2) is 59.5 Å². The molecule has 178 valence electrons. The van der Waals surface area contributed by atoms with Crippen LogP contribution in [0, 0.1) is 0 Å². The van der Waals surface area contributed by atoms with Crippen molar-refractivity contribution < 1.29 is 24.6 Å². The zero-order valence-electron chi connectivity index (χ0n) is 18.5. The van der Waals surface area contributed by atoms with Crippen LogP contribution < -0.4 is 16.2 Å². The third-order valence-corrected chi connectivity index (χ3v) is 5.68. The highest BCUT2D eigenvalue weighted by Crippen LogP contribution is 2.29. The summed E-state index contributed by atoms with van der Waals surface area (Å²) in [5, 5.41) is 18.8. The lowest BCUT2D eigenvalue weighted by atomic mass is 9.92. The summed E-state index contributed by atoms with van der Waals surface area (Å²) in [6.45, 7) is 1.30. The van der Waals surface area contributed by atoms with E-state index < -0.39 is 24.4 Å². The average molecular weight is 475 g/mol. The molecule has 0 bridgehead atoms. The number of aromatic amines is 2. The predicted molar refractivity (Wildman–Crippen MR) is 128 cm³/mol. The van der Waals surface area contributed by atoms with Crippen LogP contribution in [-0.4, -0.2) is 49.6 Å². The van der Waals surface area contributed by atoms with E-state index in [0.717, 1.165) is 10.5 Å². The van der Waals surface area contributed by atoms with Crippen LogP contribution in [0.25, 0.3) is 11.0 Å². The van der Waals surface area contributed by atoms with Gasteiger partial charge in [-0.15, -0.1) is 0 Å². The number of hydrogen-bond acceptors (Lipinski definition) is 6. The van der Waals surface area contributed by atoms with Gasteiger partial charge in [0.2, 0.25) is 5.95 Å². The summed E-state index contributed by atoms with van der Waals surface area (Å²) in [5.74, 6) is -3.12. The highest BCUT2D eigenvalue weighted by molar-refractivity contribution is 6.08. The lowest BCUT2D eigenvalue weighted by Crippen LogP contribution is -2.35. The molecule has 1 atom stereocenters. The fraction of sp³-hybridized carbons (Fsp3) is 0.125. The summed E-state index contributed by atoms with van der Waals surface area (Å²) in [5.41, 5.74) is 7.65. The molecule has 0 radical (unpaired) electrons. The number of hydrogen-bond donors (Lipinski definition) is 5. The number of aromatic carboxylic acids is 1. The number of nitrogens with zero attached hydrogens (tertiary/aromatic N) is 2. The van der Waals surface area contributed by atoms with Crippen LogP contribution >= 0.6 is 0 Å². The summed E-state index contributed by atoms with van der Waals surface area (Å²) in [4.78, 5) is 58.6. The van der Waals surface area contributed by atoms with E-state index in [2.05, 4.69) is 15.0 Å². The van der Waals surface area contributed by atoms with Crippen molar-refractivity contribution in [2.75, 3.05) is 17.2 Å². The van der Waals surface area contributed by atoms with Gasteiger partial charge in [0.1, 0.15) is 12.2 Å². The number of carboxylic acid groups (broad SMARTS) is 2. The Bertz CT molecular complexity index is 1490. The molecule has 0 aliphatic heterocycles. The number of nitrogen functional groups attached to an aromatic ring is 1. The van der Waals surface area contributed by atoms with Gasteiger partial charge in [-0.1, -0.05) is 19.1 Å². The number of carbonyl (C=O) groups excluding carboxylic acids is 1. The molecule has 0 fully saturated rings. The molecule has 0 aliphatic carbocycles. The second kappa shape index (κ2) is 9.14. The molecule has 0 spiro atoms. The number of aromatic nitrogens is 3. The fourth-order valence-electron chi connectivity index (χ4n) is 3.87. The number of rotatable bonds is 7. The SMILES string of the molecule is CC(c1ccc(C(=O)N(CC(=O)O)c2ccc(C(=O)O)cc2)cc1)c1c[nH]c2nc(N)[nH]c(=O)c12. The van der Waals surface area contributed by atoms with E-state index in [9.17, 15) is 24.3 Å². The summed E-state index contributed by atoms with van der Waals surface area (Å²) < 4.78 is 0. The number of H-pyrrole nitrogens is 2. The van der Waals surface area contributed by atoms with Gasteiger partial charge in [0.25, 0.3) is 11.5 Å². The molecular weight excluding hydrogens is 454 g/mol. The maximum absolute atomic E-state index is 13.1. The molecule has 4 rings (SSSR count). The first-order valence-corrected chi connectivity index (χ1v) is 10.5. The van der Waals surface area contributed by atoms with Crippen molar-refractivity contribution in [2.45, 2.75) is 12.8 Å². The van der Waals surface area contributed by atoms with Crippen molar-refractivity contribution in [3.05, 3.63) is 87.3 Å². The van der Waals surface area contributed by atoms with E-state index in [0.29, 0.717) is 16.6 Å². The summed E-state index contributed by atoms with van der Waals surface area (Å²) in [6, 6.07) is 12.0. The first-order valence-electron chi connectivity index (χ1n) is 10.5. The first-order chi connectivity index (χ1) is 16.7. The maximum Gasteiger partial charge on any atom is 0.335 e. The first kappa shape index (κ1) is 23.2. The molecule has 4 aromatic rings. The normalized spacial score (nSPS) is 11.8. The molecule has 11 heteroatoms. The number of benzene rings is 2. The molecule has 2 heterocycles. The number of carbonyl (C=O) groups is 3. The Morgan fingerprint density at radius 3 is 2.26 bits per heavy atom. The molecule has 0 saturated carbocycles. The lowest BCUT2D eigenvalue weighted by Gasteiger charge is -2.21. The molecule has 35 heavy (non-hydrogen) atoms. The number of aliphatic carboxylic acids is 1. The van der Waals surface area contributed by atoms with E-state index in [-0.39, 0.29) is 34.2 Å². The van der Waals surface area contributed by atoms with Gasteiger partial charge in [-0.25, -0.2) is 4.79 Å². The summed E-state index contributed by atoms with van der Waals surface area (Å²) in [6.07, 6.45) is 1.69. The van der Waals surface area contributed by atoms with Gasteiger partial charge >= 0.3 is 11.9 Å². The molecule has 0 saturated heterocycles. The quantitative estimate of drug-likeness (QED) is 0.270. The molecule has 2 aromatic carbocycles.